The molecule has 1 aromatic carbocycles. The first-order valence-electron chi connectivity index (χ1n) is 7.95. The van der Waals surface area contributed by atoms with Gasteiger partial charge in [0.2, 0.25) is 0 Å². The Bertz CT molecular complexity index is 633. The third-order valence-corrected chi connectivity index (χ3v) is 4.57. The van der Waals surface area contributed by atoms with Gasteiger partial charge in [0.1, 0.15) is 0 Å². The summed E-state index contributed by atoms with van der Waals surface area (Å²) in [6, 6.07) is 8.79. The molecule has 0 atom stereocenters. The fourth-order valence-electron chi connectivity index (χ4n) is 3.17. The number of hydrogen-bond acceptors (Lipinski definition) is 3. The fourth-order valence-corrected chi connectivity index (χ4v) is 3.17. The molecule has 118 valence electrons. The van der Waals surface area contributed by atoms with Crippen LogP contribution in [0.4, 0.5) is 5.69 Å². The van der Waals surface area contributed by atoms with Crippen LogP contribution in [0, 0.1) is 0 Å². The monoisotopic (exact) mass is 299 g/mol. The second-order valence-electron chi connectivity index (χ2n) is 6.68. The smallest absolute Gasteiger partial charge is 0.0658 e. The summed E-state index contributed by atoms with van der Waals surface area (Å²) in [5.41, 5.74) is 4.33. The predicted octanol–water partition coefficient (Wildman–Crippen LogP) is 3.22. The number of ether oxygens (including phenoxy) is 1. The van der Waals surface area contributed by atoms with Gasteiger partial charge in [0.25, 0.3) is 0 Å². The maximum Gasteiger partial charge on any atom is 0.0658 e. The zero-order valence-corrected chi connectivity index (χ0v) is 13.7. The van der Waals surface area contributed by atoms with E-state index in [1.807, 2.05) is 10.9 Å². The number of fused-ring (bicyclic) bond motifs is 1. The highest BCUT2D eigenvalue weighted by molar-refractivity contribution is 5.58. The summed E-state index contributed by atoms with van der Waals surface area (Å²) in [5, 5.41) is 4.41. The van der Waals surface area contributed by atoms with E-state index in [2.05, 4.69) is 54.3 Å². The van der Waals surface area contributed by atoms with Crippen molar-refractivity contribution in [3.8, 4) is 0 Å². The normalized spacial score (nSPS) is 16.6. The van der Waals surface area contributed by atoms with E-state index in [0.717, 1.165) is 19.6 Å². The van der Waals surface area contributed by atoms with Crippen LogP contribution in [0.2, 0.25) is 0 Å². The Morgan fingerprint density at radius 3 is 2.91 bits per heavy atom. The summed E-state index contributed by atoms with van der Waals surface area (Å²) >= 11 is 0. The third kappa shape index (κ3) is 3.02. The lowest BCUT2D eigenvalue weighted by atomic mass is 9.77. The van der Waals surface area contributed by atoms with Crippen LogP contribution in [-0.4, -0.2) is 30.0 Å². The zero-order valence-electron chi connectivity index (χ0n) is 13.7. The van der Waals surface area contributed by atoms with Gasteiger partial charge in [0.15, 0.2) is 0 Å². The SMILES string of the molecule is COCCn1cc(CN2CCC(C)(C)c3ccccc32)cn1. The van der Waals surface area contributed by atoms with E-state index in [0.29, 0.717) is 6.61 Å². The van der Waals surface area contributed by atoms with Crippen molar-refractivity contribution in [2.45, 2.75) is 38.8 Å². The molecule has 0 saturated carbocycles. The Kier molecular flexibility index (Phi) is 4.21. The number of hydrogen-bond donors (Lipinski definition) is 0. The van der Waals surface area contributed by atoms with Crippen LogP contribution < -0.4 is 4.90 Å². The van der Waals surface area contributed by atoms with Crippen LogP contribution in [0.3, 0.4) is 0 Å². The molecule has 0 unspecified atom stereocenters. The molecule has 1 aliphatic rings. The summed E-state index contributed by atoms with van der Waals surface area (Å²) in [6.07, 6.45) is 5.28. The number of methoxy groups -OCH3 is 1. The number of benzene rings is 1. The van der Waals surface area contributed by atoms with Gasteiger partial charge in [-0.15, -0.1) is 0 Å². The van der Waals surface area contributed by atoms with Crippen LogP contribution in [0.5, 0.6) is 0 Å². The molecule has 1 aliphatic heterocycles. The molecule has 4 nitrogen and oxygen atoms in total. The van der Waals surface area contributed by atoms with E-state index in [-0.39, 0.29) is 5.41 Å². The zero-order chi connectivity index (χ0) is 15.6. The lowest BCUT2D eigenvalue weighted by molar-refractivity contribution is 0.183. The predicted molar refractivity (Wildman–Crippen MR) is 89.2 cm³/mol. The van der Waals surface area contributed by atoms with Crippen LogP contribution in [0.25, 0.3) is 0 Å². The molecule has 4 heteroatoms. The standard InChI is InChI=1S/C18H25N3O/c1-18(2)8-9-20(17-7-5-4-6-16(17)18)13-15-12-19-21(14-15)10-11-22-3/h4-7,12,14H,8-11,13H2,1-3H3. The lowest BCUT2D eigenvalue weighted by Crippen LogP contribution is -2.36. The Morgan fingerprint density at radius 2 is 2.09 bits per heavy atom. The number of anilines is 1. The van der Waals surface area contributed by atoms with E-state index < -0.39 is 0 Å². The van der Waals surface area contributed by atoms with Gasteiger partial charge in [-0.3, -0.25) is 4.68 Å². The molecule has 0 radical (unpaired) electrons. The topological polar surface area (TPSA) is 30.3 Å². The molecule has 1 aromatic heterocycles. The molecule has 0 fully saturated rings. The molecule has 2 aromatic rings. The van der Waals surface area contributed by atoms with Gasteiger partial charge in [0.05, 0.1) is 19.3 Å². The highest BCUT2D eigenvalue weighted by Gasteiger charge is 2.30. The maximum atomic E-state index is 5.10. The molecule has 0 N–H and O–H groups in total. The summed E-state index contributed by atoms with van der Waals surface area (Å²) in [7, 11) is 1.72. The number of para-hydroxylation sites is 1. The largest absolute Gasteiger partial charge is 0.383 e. The van der Waals surface area contributed by atoms with Crippen molar-refractivity contribution in [1.29, 1.82) is 0 Å². The quantitative estimate of drug-likeness (QED) is 0.849. The molecule has 0 bridgehead atoms. The van der Waals surface area contributed by atoms with Gasteiger partial charge in [-0.2, -0.15) is 5.10 Å². The molecule has 0 saturated heterocycles. The van der Waals surface area contributed by atoms with Crippen LogP contribution in [-0.2, 0) is 23.2 Å². The summed E-state index contributed by atoms with van der Waals surface area (Å²) in [6.45, 7) is 8.19. The van der Waals surface area contributed by atoms with Crippen molar-refractivity contribution in [2.75, 3.05) is 25.2 Å². The summed E-state index contributed by atoms with van der Waals surface area (Å²) in [4.78, 5) is 2.47. The molecule has 2 heterocycles. The average Bonchev–Trinajstić information content (AvgIpc) is 2.96. The van der Waals surface area contributed by atoms with Crippen molar-refractivity contribution in [2.24, 2.45) is 0 Å². The Hall–Kier alpha value is -1.81. The van der Waals surface area contributed by atoms with Crippen molar-refractivity contribution in [3.63, 3.8) is 0 Å². The van der Waals surface area contributed by atoms with Gasteiger partial charge < -0.3 is 9.64 Å². The number of aromatic nitrogens is 2. The number of rotatable bonds is 5. The Labute approximate surface area is 132 Å². The Balaban J connectivity index is 1.77. The number of nitrogens with zero attached hydrogens (tertiary/aromatic N) is 3. The maximum absolute atomic E-state index is 5.10. The van der Waals surface area contributed by atoms with Crippen molar-refractivity contribution < 1.29 is 4.74 Å². The highest BCUT2D eigenvalue weighted by atomic mass is 16.5. The van der Waals surface area contributed by atoms with Crippen molar-refractivity contribution in [3.05, 3.63) is 47.8 Å². The molecule has 0 amide bonds. The van der Waals surface area contributed by atoms with Gasteiger partial charge in [-0.05, 0) is 23.5 Å². The second-order valence-corrected chi connectivity index (χ2v) is 6.68. The summed E-state index contributed by atoms with van der Waals surface area (Å²) < 4.78 is 7.06. The van der Waals surface area contributed by atoms with Gasteiger partial charge in [-0.1, -0.05) is 32.0 Å². The minimum absolute atomic E-state index is 0.260. The summed E-state index contributed by atoms with van der Waals surface area (Å²) in [5.74, 6) is 0. The lowest BCUT2D eigenvalue weighted by Gasteiger charge is -2.40. The first kappa shape index (κ1) is 15.1. The van der Waals surface area contributed by atoms with E-state index in [1.54, 1.807) is 7.11 Å². The molecule has 3 rings (SSSR count). The first-order chi connectivity index (χ1) is 10.6. The average molecular weight is 299 g/mol. The second kappa shape index (κ2) is 6.13. The molecular formula is C18H25N3O. The van der Waals surface area contributed by atoms with Crippen LogP contribution >= 0.6 is 0 Å². The minimum atomic E-state index is 0.260. The van der Waals surface area contributed by atoms with E-state index in [1.165, 1.54) is 23.2 Å². The third-order valence-electron chi connectivity index (χ3n) is 4.57. The van der Waals surface area contributed by atoms with E-state index >= 15 is 0 Å². The van der Waals surface area contributed by atoms with Crippen molar-refractivity contribution >= 4 is 5.69 Å². The fraction of sp³-hybridized carbons (Fsp3) is 0.500. The van der Waals surface area contributed by atoms with Crippen LogP contribution in [0.15, 0.2) is 36.7 Å². The Morgan fingerprint density at radius 1 is 1.27 bits per heavy atom. The van der Waals surface area contributed by atoms with Crippen LogP contribution in [0.1, 0.15) is 31.4 Å². The van der Waals surface area contributed by atoms with E-state index in [4.69, 9.17) is 4.74 Å². The molecule has 22 heavy (non-hydrogen) atoms. The van der Waals surface area contributed by atoms with Crippen molar-refractivity contribution in [1.82, 2.24) is 9.78 Å². The highest BCUT2D eigenvalue weighted by Crippen LogP contribution is 2.39. The van der Waals surface area contributed by atoms with Gasteiger partial charge >= 0.3 is 0 Å². The minimum Gasteiger partial charge on any atom is -0.383 e. The first-order valence-corrected chi connectivity index (χ1v) is 7.95. The molecule has 0 spiro atoms. The van der Waals surface area contributed by atoms with E-state index in [9.17, 15) is 0 Å². The van der Waals surface area contributed by atoms with Gasteiger partial charge in [0, 0.05) is 37.6 Å². The molecule has 0 aliphatic carbocycles. The molecular weight excluding hydrogens is 274 g/mol. The van der Waals surface area contributed by atoms with Gasteiger partial charge in [-0.25, -0.2) is 0 Å².